The van der Waals surface area contributed by atoms with Crippen LogP contribution in [-0.4, -0.2) is 41.5 Å². The summed E-state index contributed by atoms with van der Waals surface area (Å²) in [5.74, 6) is -1.72. The van der Waals surface area contributed by atoms with Crippen molar-refractivity contribution in [3.8, 4) is 0 Å². The van der Waals surface area contributed by atoms with Crippen molar-refractivity contribution in [2.24, 2.45) is 5.73 Å². The molecule has 1 rings (SSSR count). The Morgan fingerprint density at radius 3 is 2.61 bits per heavy atom. The highest BCUT2D eigenvalue weighted by molar-refractivity contribution is 5.96. The van der Waals surface area contributed by atoms with Gasteiger partial charge in [-0.05, 0) is 18.2 Å². The summed E-state index contributed by atoms with van der Waals surface area (Å²) in [5, 5.41) is 11.0. The van der Waals surface area contributed by atoms with Crippen LogP contribution in [0.5, 0.6) is 0 Å². The number of anilines is 1. The molecule has 1 aromatic rings. The quantitative estimate of drug-likeness (QED) is 0.715. The Balaban J connectivity index is 2.72. The molecular weight excluding hydrogens is 238 g/mol. The van der Waals surface area contributed by atoms with Crippen LogP contribution < -0.4 is 11.1 Å². The Bertz CT molecular complexity index is 487. The van der Waals surface area contributed by atoms with Gasteiger partial charge in [0.2, 0.25) is 5.91 Å². The highest BCUT2D eigenvalue weighted by atomic mass is 16.4. The second kappa shape index (κ2) is 5.67. The molecule has 0 radical (unpaired) electrons. The normalized spacial score (nSPS) is 9.61. The van der Waals surface area contributed by atoms with E-state index in [1.165, 1.54) is 19.2 Å². The molecule has 7 heteroatoms. The SMILES string of the molecule is CN(CC(=O)O)C(=O)Nc1cccc(C(N)=O)c1. The van der Waals surface area contributed by atoms with Gasteiger partial charge in [0.1, 0.15) is 6.54 Å². The number of carboxylic acid groups (broad SMARTS) is 1. The number of carbonyl (C=O) groups excluding carboxylic acids is 2. The number of amides is 3. The molecule has 96 valence electrons. The smallest absolute Gasteiger partial charge is 0.323 e. The summed E-state index contributed by atoms with van der Waals surface area (Å²) in [6.45, 7) is -0.415. The van der Waals surface area contributed by atoms with Gasteiger partial charge in [-0.2, -0.15) is 0 Å². The van der Waals surface area contributed by atoms with Crippen LogP contribution in [0.15, 0.2) is 24.3 Å². The summed E-state index contributed by atoms with van der Waals surface area (Å²) in [6.07, 6.45) is 0. The zero-order valence-corrected chi connectivity index (χ0v) is 9.71. The summed E-state index contributed by atoms with van der Waals surface area (Å²) in [4.78, 5) is 33.9. The van der Waals surface area contributed by atoms with E-state index in [0.717, 1.165) is 4.90 Å². The number of nitrogens with two attached hydrogens (primary N) is 1. The van der Waals surface area contributed by atoms with Gasteiger partial charge in [0.05, 0.1) is 0 Å². The molecule has 0 saturated heterocycles. The minimum Gasteiger partial charge on any atom is -0.480 e. The van der Waals surface area contributed by atoms with Crippen molar-refractivity contribution in [3.63, 3.8) is 0 Å². The van der Waals surface area contributed by atoms with Crippen molar-refractivity contribution in [1.29, 1.82) is 0 Å². The molecular formula is C11H13N3O4. The monoisotopic (exact) mass is 251 g/mol. The minimum absolute atomic E-state index is 0.258. The van der Waals surface area contributed by atoms with Gasteiger partial charge < -0.3 is 21.1 Å². The molecule has 1 aromatic carbocycles. The fourth-order valence-corrected chi connectivity index (χ4v) is 1.24. The maximum Gasteiger partial charge on any atom is 0.323 e. The third-order valence-corrected chi connectivity index (χ3v) is 2.12. The average Bonchev–Trinajstić information content (AvgIpc) is 2.28. The summed E-state index contributed by atoms with van der Waals surface area (Å²) < 4.78 is 0. The zero-order valence-electron chi connectivity index (χ0n) is 9.71. The number of benzene rings is 1. The first-order chi connectivity index (χ1) is 8.40. The standard InChI is InChI=1S/C11H13N3O4/c1-14(6-9(15)16)11(18)13-8-4-2-3-7(5-8)10(12)17/h2-5H,6H2,1H3,(H2,12,17)(H,13,18)(H,15,16). The number of aliphatic carboxylic acids is 1. The number of hydrogen-bond acceptors (Lipinski definition) is 3. The first-order valence-electron chi connectivity index (χ1n) is 5.04. The lowest BCUT2D eigenvalue weighted by Crippen LogP contribution is -2.35. The minimum atomic E-state index is -1.11. The van der Waals surface area contributed by atoms with Crippen LogP contribution >= 0.6 is 0 Å². The van der Waals surface area contributed by atoms with Gasteiger partial charge in [0, 0.05) is 18.3 Å². The molecule has 18 heavy (non-hydrogen) atoms. The van der Waals surface area contributed by atoms with Crippen molar-refractivity contribution in [2.75, 3.05) is 18.9 Å². The first-order valence-corrected chi connectivity index (χ1v) is 5.04. The summed E-state index contributed by atoms with van der Waals surface area (Å²) in [7, 11) is 1.35. The van der Waals surface area contributed by atoms with Gasteiger partial charge in [0.25, 0.3) is 0 Å². The molecule has 0 aromatic heterocycles. The topological polar surface area (TPSA) is 113 Å². The van der Waals surface area contributed by atoms with Crippen molar-refractivity contribution >= 4 is 23.6 Å². The van der Waals surface area contributed by atoms with E-state index >= 15 is 0 Å². The van der Waals surface area contributed by atoms with Crippen LogP contribution in [0.2, 0.25) is 0 Å². The van der Waals surface area contributed by atoms with Gasteiger partial charge in [-0.1, -0.05) is 6.07 Å². The van der Waals surface area contributed by atoms with Crippen LogP contribution in [0, 0.1) is 0 Å². The Labute approximate surface area is 103 Å². The zero-order chi connectivity index (χ0) is 13.7. The summed E-state index contributed by atoms with van der Waals surface area (Å²) in [6, 6.07) is 5.47. The Morgan fingerprint density at radius 2 is 2.06 bits per heavy atom. The molecule has 0 bridgehead atoms. The second-order valence-electron chi connectivity index (χ2n) is 3.63. The molecule has 4 N–H and O–H groups in total. The molecule has 0 aliphatic carbocycles. The van der Waals surface area contributed by atoms with E-state index in [2.05, 4.69) is 5.32 Å². The third-order valence-electron chi connectivity index (χ3n) is 2.12. The van der Waals surface area contributed by atoms with Crippen LogP contribution in [0.1, 0.15) is 10.4 Å². The summed E-state index contributed by atoms with van der Waals surface area (Å²) in [5.41, 5.74) is 5.73. The predicted octanol–water partition coefficient (Wildman–Crippen LogP) is 0.334. The number of nitrogens with zero attached hydrogens (tertiary/aromatic N) is 1. The van der Waals surface area contributed by atoms with E-state index in [-0.39, 0.29) is 5.56 Å². The van der Waals surface area contributed by atoms with E-state index in [1.54, 1.807) is 12.1 Å². The second-order valence-corrected chi connectivity index (χ2v) is 3.63. The van der Waals surface area contributed by atoms with Crippen molar-refractivity contribution in [1.82, 2.24) is 4.90 Å². The molecule has 0 spiro atoms. The number of carboxylic acids is 1. The van der Waals surface area contributed by atoms with E-state index in [0.29, 0.717) is 5.69 Å². The van der Waals surface area contributed by atoms with E-state index in [9.17, 15) is 14.4 Å². The lowest BCUT2D eigenvalue weighted by Gasteiger charge is -2.15. The maximum absolute atomic E-state index is 11.6. The van der Waals surface area contributed by atoms with Crippen LogP contribution in [0.25, 0.3) is 0 Å². The van der Waals surface area contributed by atoms with Gasteiger partial charge in [-0.25, -0.2) is 4.79 Å². The molecule has 3 amide bonds. The van der Waals surface area contributed by atoms with E-state index in [4.69, 9.17) is 10.8 Å². The average molecular weight is 251 g/mol. The predicted molar refractivity (Wildman–Crippen MR) is 64.2 cm³/mol. The Hall–Kier alpha value is -2.57. The van der Waals surface area contributed by atoms with Gasteiger partial charge in [0.15, 0.2) is 0 Å². The Morgan fingerprint density at radius 1 is 1.39 bits per heavy atom. The maximum atomic E-state index is 11.6. The highest BCUT2D eigenvalue weighted by Gasteiger charge is 2.12. The molecule has 0 fully saturated rings. The molecule has 7 nitrogen and oxygen atoms in total. The largest absolute Gasteiger partial charge is 0.480 e. The highest BCUT2D eigenvalue weighted by Crippen LogP contribution is 2.10. The molecule has 0 saturated carbocycles. The summed E-state index contributed by atoms with van der Waals surface area (Å²) >= 11 is 0. The first kappa shape index (κ1) is 13.5. The van der Waals surface area contributed by atoms with Crippen molar-refractivity contribution < 1.29 is 19.5 Å². The lowest BCUT2D eigenvalue weighted by molar-refractivity contribution is -0.137. The molecule has 0 heterocycles. The number of likely N-dealkylation sites (N-methyl/N-ethyl adjacent to an activating group) is 1. The molecule has 0 aliphatic heterocycles. The van der Waals surface area contributed by atoms with Gasteiger partial charge in [-0.3, -0.25) is 9.59 Å². The van der Waals surface area contributed by atoms with Crippen molar-refractivity contribution in [2.45, 2.75) is 0 Å². The number of nitrogens with one attached hydrogen (secondary N) is 1. The molecule has 0 atom stereocenters. The molecule has 0 unspecified atom stereocenters. The number of carbonyl (C=O) groups is 3. The number of rotatable bonds is 4. The van der Waals surface area contributed by atoms with Gasteiger partial charge >= 0.3 is 12.0 Å². The molecule has 0 aliphatic rings. The number of primary amides is 1. The Kier molecular flexibility index (Phi) is 4.25. The fourth-order valence-electron chi connectivity index (χ4n) is 1.24. The van der Waals surface area contributed by atoms with Gasteiger partial charge in [-0.15, -0.1) is 0 Å². The van der Waals surface area contributed by atoms with Crippen LogP contribution in [0.3, 0.4) is 0 Å². The van der Waals surface area contributed by atoms with Crippen LogP contribution in [-0.2, 0) is 4.79 Å². The lowest BCUT2D eigenvalue weighted by atomic mass is 10.2. The third kappa shape index (κ3) is 3.78. The fraction of sp³-hybridized carbons (Fsp3) is 0.182. The van der Waals surface area contributed by atoms with Crippen molar-refractivity contribution in [3.05, 3.63) is 29.8 Å². The van der Waals surface area contributed by atoms with E-state index in [1.807, 2.05) is 0 Å². The van der Waals surface area contributed by atoms with Crippen LogP contribution in [0.4, 0.5) is 10.5 Å². The van der Waals surface area contributed by atoms with E-state index < -0.39 is 24.5 Å². The number of hydrogen-bond donors (Lipinski definition) is 3. The number of urea groups is 1.